The Hall–Kier alpha value is -0.970. The Labute approximate surface area is 134 Å². The zero-order valence-corrected chi connectivity index (χ0v) is 14.4. The third-order valence-electron chi connectivity index (χ3n) is 4.70. The van der Waals surface area contributed by atoms with Crippen LogP contribution in [0.3, 0.4) is 0 Å². The van der Waals surface area contributed by atoms with Gasteiger partial charge in [0.05, 0.1) is 0 Å². The maximum atomic E-state index is 14.1. The van der Waals surface area contributed by atoms with E-state index in [0.29, 0.717) is 12.6 Å². The average molecular weight is 307 g/mol. The van der Waals surface area contributed by atoms with Crippen molar-refractivity contribution in [2.45, 2.75) is 38.9 Å². The fourth-order valence-corrected chi connectivity index (χ4v) is 3.14. The molecule has 4 heteroatoms. The van der Waals surface area contributed by atoms with Crippen molar-refractivity contribution in [3.05, 3.63) is 35.1 Å². The zero-order valence-electron chi connectivity index (χ0n) is 14.4. The van der Waals surface area contributed by atoms with Gasteiger partial charge in [0, 0.05) is 24.7 Å². The molecule has 1 N–H and O–H groups in total. The Morgan fingerprint density at radius 1 is 1.32 bits per heavy atom. The van der Waals surface area contributed by atoms with Gasteiger partial charge in [-0.1, -0.05) is 12.1 Å². The Balaban J connectivity index is 1.84. The quantitative estimate of drug-likeness (QED) is 0.872. The number of benzene rings is 1. The highest BCUT2D eigenvalue weighted by Gasteiger charge is 2.21. The largest absolute Gasteiger partial charge is 0.310 e. The van der Waals surface area contributed by atoms with E-state index in [-0.39, 0.29) is 5.82 Å². The second-order valence-electron chi connectivity index (χ2n) is 6.97. The van der Waals surface area contributed by atoms with Gasteiger partial charge in [0.25, 0.3) is 0 Å². The van der Waals surface area contributed by atoms with Gasteiger partial charge in [0.1, 0.15) is 5.82 Å². The van der Waals surface area contributed by atoms with Crippen molar-refractivity contribution in [3.63, 3.8) is 0 Å². The highest BCUT2D eigenvalue weighted by Crippen LogP contribution is 2.20. The number of rotatable bonds is 6. The van der Waals surface area contributed by atoms with Crippen LogP contribution < -0.4 is 5.32 Å². The molecule has 0 radical (unpaired) electrons. The molecule has 1 saturated heterocycles. The van der Waals surface area contributed by atoms with E-state index < -0.39 is 0 Å². The molecule has 0 spiro atoms. The maximum Gasteiger partial charge on any atom is 0.128 e. The normalized spacial score (nSPS) is 18.8. The van der Waals surface area contributed by atoms with Crippen molar-refractivity contribution in [3.8, 4) is 0 Å². The monoisotopic (exact) mass is 307 g/mol. The summed E-state index contributed by atoms with van der Waals surface area (Å²) in [7, 11) is 6.10. The number of hydrogen-bond acceptors (Lipinski definition) is 3. The van der Waals surface area contributed by atoms with Gasteiger partial charge in [-0.2, -0.15) is 0 Å². The Kier molecular flexibility index (Phi) is 6.36. The Bertz CT molecular complexity index is 467. The fourth-order valence-electron chi connectivity index (χ4n) is 3.14. The van der Waals surface area contributed by atoms with Gasteiger partial charge in [0.2, 0.25) is 0 Å². The second-order valence-corrected chi connectivity index (χ2v) is 6.97. The molecule has 0 aromatic heterocycles. The molecule has 0 saturated carbocycles. The topological polar surface area (TPSA) is 18.5 Å². The van der Waals surface area contributed by atoms with Crippen LogP contribution in [0.15, 0.2) is 18.2 Å². The van der Waals surface area contributed by atoms with E-state index in [0.717, 1.165) is 23.6 Å². The van der Waals surface area contributed by atoms with Crippen molar-refractivity contribution in [2.24, 2.45) is 5.92 Å². The van der Waals surface area contributed by atoms with Crippen LogP contribution in [0.25, 0.3) is 0 Å². The molecule has 1 atom stereocenters. The first kappa shape index (κ1) is 17.4. The minimum absolute atomic E-state index is 0.0973. The molecule has 3 nitrogen and oxygen atoms in total. The van der Waals surface area contributed by atoms with Gasteiger partial charge >= 0.3 is 0 Å². The number of halogens is 1. The van der Waals surface area contributed by atoms with Gasteiger partial charge < -0.3 is 15.1 Å². The van der Waals surface area contributed by atoms with Crippen LogP contribution in [-0.4, -0.2) is 50.1 Å². The minimum atomic E-state index is -0.0973. The first-order valence-electron chi connectivity index (χ1n) is 8.29. The van der Waals surface area contributed by atoms with E-state index in [1.807, 2.05) is 31.1 Å². The van der Waals surface area contributed by atoms with Gasteiger partial charge in [-0.15, -0.1) is 0 Å². The lowest BCUT2D eigenvalue weighted by molar-refractivity contribution is 0.189. The number of nitrogens with one attached hydrogen (secondary N) is 1. The molecule has 0 amide bonds. The molecule has 1 aromatic carbocycles. The lowest BCUT2D eigenvalue weighted by Gasteiger charge is -2.33. The maximum absolute atomic E-state index is 14.1. The molecule has 1 aromatic rings. The summed E-state index contributed by atoms with van der Waals surface area (Å²) in [5, 5.41) is 3.58. The molecule has 0 aliphatic carbocycles. The summed E-state index contributed by atoms with van der Waals surface area (Å²) in [6, 6.07) is 6.11. The molecule has 0 unspecified atom stereocenters. The zero-order chi connectivity index (χ0) is 16.1. The first-order chi connectivity index (χ1) is 10.5. The van der Waals surface area contributed by atoms with Crippen molar-refractivity contribution in [1.82, 2.24) is 15.1 Å². The van der Waals surface area contributed by atoms with Gasteiger partial charge in [-0.3, -0.25) is 0 Å². The predicted molar refractivity (Wildman–Crippen MR) is 90.3 cm³/mol. The molecule has 22 heavy (non-hydrogen) atoms. The van der Waals surface area contributed by atoms with Crippen LogP contribution in [0.2, 0.25) is 0 Å². The van der Waals surface area contributed by atoms with Gasteiger partial charge in [-0.05, 0) is 71.5 Å². The molecule has 124 valence electrons. The van der Waals surface area contributed by atoms with Crippen LogP contribution in [-0.2, 0) is 13.1 Å². The van der Waals surface area contributed by atoms with Crippen molar-refractivity contribution < 1.29 is 4.39 Å². The number of likely N-dealkylation sites (tertiary alicyclic amines) is 1. The SMILES string of the molecule is C[C@H](NCc1ccc(CN(C)C)c(F)c1)C1CCN(C)CC1. The molecule has 0 bridgehead atoms. The van der Waals surface area contributed by atoms with E-state index in [9.17, 15) is 4.39 Å². The summed E-state index contributed by atoms with van der Waals surface area (Å²) in [6.45, 7) is 6.01. The van der Waals surface area contributed by atoms with Crippen LogP contribution in [0, 0.1) is 11.7 Å². The summed E-state index contributed by atoms with van der Waals surface area (Å²) in [6.07, 6.45) is 2.50. The molecule has 1 fully saturated rings. The van der Waals surface area contributed by atoms with Crippen LogP contribution in [0.4, 0.5) is 4.39 Å². The molecule has 1 aliphatic rings. The van der Waals surface area contributed by atoms with E-state index in [1.165, 1.54) is 25.9 Å². The molecule has 1 heterocycles. The van der Waals surface area contributed by atoms with E-state index in [1.54, 1.807) is 6.07 Å². The minimum Gasteiger partial charge on any atom is -0.310 e. The van der Waals surface area contributed by atoms with Gasteiger partial charge in [0.15, 0.2) is 0 Å². The lowest BCUT2D eigenvalue weighted by atomic mass is 9.90. The highest BCUT2D eigenvalue weighted by molar-refractivity contribution is 5.24. The Morgan fingerprint density at radius 2 is 2.00 bits per heavy atom. The lowest BCUT2D eigenvalue weighted by Crippen LogP contribution is -2.40. The molecular weight excluding hydrogens is 277 g/mol. The molecule has 2 rings (SSSR count). The number of piperidine rings is 1. The summed E-state index contributed by atoms with van der Waals surface area (Å²) in [5.74, 6) is 0.633. The van der Waals surface area contributed by atoms with Crippen molar-refractivity contribution in [1.29, 1.82) is 0 Å². The van der Waals surface area contributed by atoms with E-state index in [2.05, 4.69) is 24.2 Å². The van der Waals surface area contributed by atoms with Crippen molar-refractivity contribution in [2.75, 3.05) is 34.2 Å². The summed E-state index contributed by atoms with van der Waals surface area (Å²) < 4.78 is 14.1. The number of nitrogens with zero attached hydrogens (tertiary/aromatic N) is 2. The van der Waals surface area contributed by atoms with Crippen LogP contribution in [0.1, 0.15) is 30.9 Å². The molecular formula is C18H30FN3. The Morgan fingerprint density at radius 3 is 2.59 bits per heavy atom. The first-order valence-corrected chi connectivity index (χ1v) is 8.29. The highest BCUT2D eigenvalue weighted by atomic mass is 19.1. The van der Waals surface area contributed by atoms with E-state index in [4.69, 9.17) is 0 Å². The van der Waals surface area contributed by atoms with Gasteiger partial charge in [-0.25, -0.2) is 4.39 Å². The summed E-state index contributed by atoms with van der Waals surface area (Å²) in [4.78, 5) is 4.38. The smallest absolute Gasteiger partial charge is 0.128 e. The van der Waals surface area contributed by atoms with E-state index >= 15 is 0 Å². The average Bonchev–Trinajstić information content (AvgIpc) is 2.47. The fraction of sp³-hybridized carbons (Fsp3) is 0.667. The van der Waals surface area contributed by atoms with Crippen molar-refractivity contribution >= 4 is 0 Å². The third kappa shape index (κ3) is 5.04. The molecule has 1 aliphatic heterocycles. The summed E-state index contributed by atoms with van der Waals surface area (Å²) >= 11 is 0. The van der Waals surface area contributed by atoms with Crippen LogP contribution in [0.5, 0.6) is 0 Å². The number of hydrogen-bond donors (Lipinski definition) is 1. The third-order valence-corrected chi connectivity index (χ3v) is 4.70. The predicted octanol–water partition coefficient (Wildman–Crippen LogP) is 2.71. The second kappa shape index (κ2) is 8.04. The summed E-state index contributed by atoms with van der Waals surface area (Å²) in [5.41, 5.74) is 1.79. The standard InChI is InChI=1S/C18H30FN3/c1-14(16-7-9-22(4)10-8-16)20-12-15-5-6-17(13-21(2)3)18(19)11-15/h5-6,11,14,16,20H,7-10,12-13H2,1-4H3/t14-/m0/s1. The van der Waals surface area contributed by atoms with Crippen LogP contribution >= 0.6 is 0 Å².